The van der Waals surface area contributed by atoms with E-state index in [-0.39, 0.29) is 0 Å². The Morgan fingerprint density at radius 2 is 2.21 bits per heavy atom. The Labute approximate surface area is 86.1 Å². The van der Waals surface area contributed by atoms with Gasteiger partial charge in [0, 0.05) is 12.1 Å². The number of rotatable bonds is 7. The van der Waals surface area contributed by atoms with E-state index in [1.54, 1.807) is 12.5 Å². The van der Waals surface area contributed by atoms with Gasteiger partial charge >= 0.3 is 0 Å². The minimum absolute atomic E-state index is 0.915. The van der Waals surface area contributed by atoms with Crippen LogP contribution in [0.3, 0.4) is 0 Å². The normalized spacial score (nSPS) is 11.1. The highest BCUT2D eigenvalue weighted by Gasteiger charge is 1.94. The molecule has 1 heterocycles. The Hall–Kier alpha value is -0.800. The van der Waals surface area contributed by atoms with Crippen molar-refractivity contribution in [3.63, 3.8) is 0 Å². The molecule has 0 aliphatic carbocycles. The predicted octanol–water partition coefficient (Wildman–Crippen LogP) is 1.71. The maximum absolute atomic E-state index is 4.98. The lowest BCUT2D eigenvalue weighted by Crippen LogP contribution is -2.17. The van der Waals surface area contributed by atoms with E-state index < -0.39 is 0 Å². The fraction of sp³-hybridized carbons (Fsp3) is 0.636. The fourth-order valence-corrected chi connectivity index (χ4v) is 1.30. The van der Waals surface area contributed by atoms with Gasteiger partial charge < -0.3 is 14.6 Å². The number of hydrogen-bond donors (Lipinski definition) is 1. The molecule has 3 heteroatoms. The molecular weight excluding hydrogens is 176 g/mol. The zero-order valence-electron chi connectivity index (χ0n) is 9.12. The smallest absolute Gasteiger partial charge is 0.0947 e. The van der Waals surface area contributed by atoms with E-state index in [2.05, 4.69) is 24.3 Å². The molecule has 0 spiro atoms. The summed E-state index contributed by atoms with van der Waals surface area (Å²) >= 11 is 0. The van der Waals surface area contributed by atoms with Crippen LogP contribution in [0.5, 0.6) is 0 Å². The van der Waals surface area contributed by atoms with Crippen molar-refractivity contribution in [2.24, 2.45) is 0 Å². The second kappa shape index (κ2) is 6.62. The zero-order chi connectivity index (χ0) is 10.2. The molecule has 0 unspecified atom stereocenters. The number of nitrogens with zero attached hydrogens (tertiary/aromatic N) is 1. The molecule has 0 aliphatic heterocycles. The minimum atomic E-state index is 0.915. The van der Waals surface area contributed by atoms with Crippen LogP contribution in [0.15, 0.2) is 23.0 Å². The third kappa shape index (κ3) is 5.04. The van der Waals surface area contributed by atoms with E-state index in [1.165, 1.54) is 24.9 Å². The second-order valence-corrected chi connectivity index (χ2v) is 3.82. The summed E-state index contributed by atoms with van der Waals surface area (Å²) in [5, 5.41) is 3.38. The van der Waals surface area contributed by atoms with E-state index in [9.17, 15) is 0 Å². The lowest BCUT2D eigenvalue weighted by atomic mass is 10.3. The molecule has 0 aromatic carbocycles. The molecular formula is C11H20N2O. The van der Waals surface area contributed by atoms with Crippen molar-refractivity contribution in [3.8, 4) is 0 Å². The largest absolute Gasteiger partial charge is 0.472 e. The van der Waals surface area contributed by atoms with Crippen LogP contribution in [0.2, 0.25) is 0 Å². The quantitative estimate of drug-likeness (QED) is 0.673. The van der Waals surface area contributed by atoms with Crippen LogP contribution < -0.4 is 5.32 Å². The first kappa shape index (κ1) is 11.3. The van der Waals surface area contributed by atoms with Gasteiger partial charge in [-0.3, -0.25) is 0 Å². The number of furan rings is 1. The summed E-state index contributed by atoms with van der Waals surface area (Å²) < 4.78 is 4.98. The standard InChI is InChI=1S/C11H20N2O/c1-13(2)7-4-3-6-12-9-11-5-8-14-10-11/h5,8,10,12H,3-4,6-7,9H2,1-2H3. The van der Waals surface area contributed by atoms with E-state index in [0.29, 0.717) is 0 Å². The molecule has 0 saturated carbocycles. The summed E-state index contributed by atoms with van der Waals surface area (Å²) in [6.45, 7) is 3.17. The van der Waals surface area contributed by atoms with Crippen LogP contribution in [-0.2, 0) is 6.54 Å². The summed E-state index contributed by atoms with van der Waals surface area (Å²) in [5.74, 6) is 0. The highest BCUT2D eigenvalue weighted by molar-refractivity contribution is 5.04. The predicted molar refractivity (Wildman–Crippen MR) is 58.2 cm³/mol. The van der Waals surface area contributed by atoms with Crippen molar-refractivity contribution in [3.05, 3.63) is 24.2 Å². The summed E-state index contributed by atoms with van der Waals surface area (Å²) in [5.41, 5.74) is 1.22. The van der Waals surface area contributed by atoms with Crippen molar-refractivity contribution in [2.45, 2.75) is 19.4 Å². The lowest BCUT2D eigenvalue weighted by molar-refractivity contribution is 0.391. The van der Waals surface area contributed by atoms with Crippen LogP contribution in [0.1, 0.15) is 18.4 Å². The summed E-state index contributed by atoms with van der Waals surface area (Å²) in [6, 6.07) is 1.99. The van der Waals surface area contributed by atoms with Crippen molar-refractivity contribution in [1.29, 1.82) is 0 Å². The number of unbranched alkanes of at least 4 members (excludes halogenated alkanes) is 1. The Bertz CT molecular complexity index is 219. The zero-order valence-corrected chi connectivity index (χ0v) is 9.12. The van der Waals surface area contributed by atoms with Crippen molar-refractivity contribution >= 4 is 0 Å². The molecule has 0 saturated heterocycles. The molecule has 0 fully saturated rings. The first-order valence-corrected chi connectivity index (χ1v) is 5.15. The van der Waals surface area contributed by atoms with E-state index in [0.717, 1.165) is 13.1 Å². The first-order valence-electron chi connectivity index (χ1n) is 5.15. The van der Waals surface area contributed by atoms with Crippen molar-refractivity contribution < 1.29 is 4.42 Å². The molecule has 0 amide bonds. The molecule has 14 heavy (non-hydrogen) atoms. The van der Waals surface area contributed by atoms with Crippen LogP contribution >= 0.6 is 0 Å². The molecule has 0 atom stereocenters. The Kier molecular flexibility index (Phi) is 5.33. The second-order valence-electron chi connectivity index (χ2n) is 3.82. The van der Waals surface area contributed by atoms with Gasteiger partial charge in [0.25, 0.3) is 0 Å². The minimum Gasteiger partial charge on any atom is -0.472 e. The first-order chi connectivity index (χ1) is 6.79. The van der Waals surface area contributed by atoms with Crippen molar-refractivity contribution in [1.82, 2.24) is 10.2 Å². The van der Waals surface area contributed by atoms with E-state index in [1.807, 2.05) is 6.07 Å². The Morgan fingerprint density at radius 3 is 2.86 bits per heavy atom. The summed E-state index contributed by atoms with van der Waals surface area (Å²) in [7, 11) is 4.22. The van der Waals surface area contributed by atoms with Gasteiger partial charge in [0.05, 0.1) is 12.5 Å². The SMILES string of the molecule is CN(C)CCCCNCc1ccoc1. The van der Waals surface area contributed by atoms with Crippen LogP contribution in [0.4, 0.5) is 0 Å². The molecule has 1 N–H and O–H groups in total. The monoisotopic (exact) mass is 196 g/mol. The average Bonchev–Trinajstić information content (AvgIpc) is 2.63. The third-order valence-electron chi connectivity index (χ3n) is 2.12. The van der Waals surface area contributed by atoms with E-state index in [4.69, 9.17) is 4.42 Å². The van der Waals surface area contributed by atoms with Gasteiger partial charge in [0.1, 0.15) is 0 Å². The average molecular weight is 196 g/mol. The topological polar surface area (TPSA) is 28.4 Å². The van der Waals surface area contributed by atoms with Gasteiger partial charge in [-0.15, -0.1) is 0 Å². The Balaban J connectivity index is 1.90. The van der Waals surface area contributed by atoms with Gasteiger partial charge in [0.15, 0.2) is 0 Å². The fourth-order valence-electron chi connectivity index (χ4n) is 1.30. The molecule has 1 rings (SSSR count). The van der Waals surface area contributed by atoms with Crippen molar-refractivity contribution in [2.75, 3.05) is 27.2 Å². The highest BCUT2D eigenvalue weighted by Crippen LogP contribution is 1.98. The van der Waals surface area contributed by atoms with Crippen LogP contribution in [-0.4, -0.2) is 32.1 Å². The number of nitrogens with one attached hydrogen (secondary N) is 1. The molecule has 0 radical (unpaired) electrons. The maximum atomic E-state index is 4.98. The maximum Gasteiger partial charge on any atom is 0.0947 e. The van der Waals surface area contributed by atoms with Gasteiger partial charge in [-0.25, -0.2) is 0 Å². The van der Waals surface area contributed by atoms with Gasteiger partial charge in [-0.1, -0.05) is 0 Å². The molecule has 1 aromatic rings. The van der Waals surface area contributed by atoms with Gasteiger partial charge in [-0.2, -0.15) is 0 Å². The van der Waals surface area contributed by atoms with E-state index >= 15 is 0 Å². The molecule has 3 nitrogen and oxygen atoms in total. The third-order valence-corrected chi connectivity index (χ3v) is 2.12. The molecule has 80 valence electrons. The molecule has 1 aromatic heterocycles. The number of hydrogen-bond acceptors (Lipinski definition) is 3. The Morgan fingerprint density at radius 1 is 1.36 bits per heavy atom. The van der Waals surface area contributed by atoms with Crippen LogP contribution in [0, 0.1) is 0 Å². The summed E-state index contributed by atoms with van der Waals surface area (Å²) in [6.07, 6.45) is 5.98. The highest BCUT2D eigenvalue weighted by atomic mass is 16.3. The van der Waals surface area contributed by atoms with Crippen LogP contribution in [0.25, 0.3) is 0 Å². The molecule has 0 bridgehead atoms. The molecule has 0 aliphatic rings. The summed E-state index contributed by atoms with van der Waals surface area (Å²) in [4.78, 5) is 2.22. The lowest BCUT2D eigenvalue weighted by Gasteiger charge is -2.08. The van der Waals surface area contributed by atoms with Gasteiger partial charge in [-0.05, 0) is 46.1 Å². The van der Waals surface area contributed by atoms with Gasteiger partial charge in [0.2, 0.25) is 0 Å².